The third-order valence-electron chi connectivity index (χ3n) is 3.43. The molecule has 0 radical (unpaired) electrons. The minimum atomic E-state index is -0.795. The van der Waals surface area contributed by atoms with Crippen LogP contribution in [0.1, 0.15) is 24.6 Å². The van der Waals surface area contributed by atoms with Crippen LogP contribution < -0.4 is 10.6 Å². The van der Waals surface area contributed by atoms with Crippen LogP contribution in [0.4, 0.5) is 4.79 Å². The van der Waals surface area contributed by atoms with Gasteiger partial charge < -0.3 is 19.8 Å². The first kappa shape index (κ1) is 16.3. The lowest BCUT2D eigenvalue weighted by atomic mass is 10.00. The van der Waals surface area contributed by atoms with Gasteiger partial charge in [-0.05, 0) is 19.1 Å². The van der Waals surface area contributed by atoms with E-state index in [1.54, 1.807) is 19.1 Å². The number of nitriles is 1. The van der Waals surface area contributed by atoms with Crippen molar-refractivity contribution < 1.29 is 18.7 Å². The summed E-state index contributed by atoms with van der Waals surface area (Å²) in [5.41, 5.74) is 0.489. The summed E-state index contributed by atoms with van der Waals surface area (Å²) in [5.74, 6) is -0.208. The highest BCUT2D eigenvalue weighted by Gasteiger charge is 2.35. The van der Waals surface area contributed by atoms with Gasteiger partial charge in [-0.1, -0.05) is 0 Å². The summed E-state index contributed by atoms with van der Waals surface area (Å²) in [6, 6.07) is 3.83. The first-order chi connectivity index (χ1) is 12.1. The minimum Gasteiger partial charge on any atom is -0.467 e. The van der Waals surface area contributed by atoms with Gasteiger partial charge in [-0.15, -0.1) is 5.10 Å². The predicted octanol–water partition coefficient (Wildman–Crippen LogP) is 0.614. The molecule has 3 rings (SSSR count). The Morgan fingerprint density at radius 1 is 1.56 bits per heavy atom. The Balaban J connectivity index is 2.02. The number of hydrogen-bond acceptors (Lipinski definition) is 7. The number of urea groups is 1. The van der Waals surface area contributed by atoms with Crippen LogP contribution >= 0.6 is 0 Å². The number of nitrogens with zero attached hydrogens (tertiary/aromatic N) is 4. The zero-order chi connectivity index (χ0) is 17.8. The molecule has 0 fully saturated rings. The van der Waals surface area contributed by atoms with Crippen molar-refractivity contribution in [2.75, 3.05) is 6.61 Å². The summed E-state index contributed by atoms with van der Waals surface area (Å²) in [6.07, 6.45) is 2.78. The fraction of sp³-hybridized carbons (Fsp3) is 0.267. The second-order valence-corrected chi connectivity index (χ2v) is 5.04. The third kappa shape index (κ3) is 3.35. The number of nitrogens with one attached hydrogen (secondary N) is 2. The second-order valence-electron chi connectivity index (χ2n) is 5.04. The molecular weight excluding hydrogens is 328 g/mol. The van der Waals surface area contributed by atoms with E-state index in [4.69, 9.17) is 14.4 Å². The molecule has 25 heavy (non-hydrogen) atoms. The lowest BCUT2D eigenvalue weighted by Gasteiger charge is -2.27. The van der Waals surface area contributed by atoms with Crippen LogP contribution in [-0.2, 0) is 16.1 Å². The summed E-state index contributed by atoms with van der Waals surface area (Å²) in [7, 11) is 0. The number of ether oxygens (including phenoxy) is 1. The molecule has 1 aliphatic heterocycles. The van der Waals surface area contributed by atoms with Crippen LogP contribution in [0.15, 0.2) is 40.4 Å². The number of amides is 2. The lowest BCUT2D eigenvalue weighted by molar-refractivity contribution is -0.139. The molecule has 128 valence electrons. The predicted molar refractivity (Wildman–Crippen MR) is 81.5 cm³/mol. The molecule has 2 aromatic heterocycles. The Labute approximate surface area is 142 Å². The maximum Gasteiger partial charge on any atom is 0.338 e. The average Bonchev–Trinajstić information content (AvgIpc) is 3.26. The Kier molecular flexibility index (Phi) is 4.47. The van der Waals surface area contributed by atoms with Crippen molar-refractivity contribution in [3.8, 4) is 6.07 Å². The zero-order valence-corrected chi connectivity index (χ0v) is 13.2. The van der Waals surface area contributed by atoms with E-state index < -0.39 is 18.0 Å². The number of carbonyl (C=O) groups is 2. The molecule has 1 atom stereocenters. The quantitative estimate of drug-likeness (QED) is 0.760. The van der Waals surface area contributed by atoms with Gasteiger partial charge in [0.15, 0.2) is 0 Å². The van der Waals surface area contributed by atoms with Crippen molar-refractivity contribution in [2.45, 2.75) is 19.5 Å². The van der Waals surface area contributed by atoms with Gasteiger partial charge in [0, 0.05) is 0 Å². The van der Waals surface area contributed by atoms with Crippen molar-refractivity contribution in [1.29, 1.82) is 5.26 Å². The van der Waals surface area contributed by atoms with Gasteiger partial charge in [-0.3, -0.25) is 0 Å². The third-order valence-corrected chi connectivity index (χ3v) is 3.43. The van der Waals surface area contributed by atoms with Gasteiger partial charge in [-0.25, -0.2) is 19.3 Å². The SMILES string of the molecule is CCOC(=O)C1=C(Cn2cnc(C#N)n2)NC(=O)NC1c1ccco1. The highest BCUT2D eigenvalue weighted by molar-refractivity contribution is 5.94. The fourth-order valence-electron chi connectivity index (χ4n) is 2.45. The topological polar surface area (TPSA) is 135 Å². The lowest BCUT2D eigenvalue weighted by Crippen LogP contribution is -2.46. The normalized spacial score (nSPS) is 16.8. The molecule has 1 unspecified atom stereocenters. The highest BCUT2D eigenvalue weighted by Crippen LogP contribution is 2.28. The number of aromatic nitrogens is 3. The van der Waals surface area contributed by atoms with Crippen molar-refractivity contribution in [3.63, 3.8) is 0 Å². The Morgan fingerprint density at radius 3 is 3.04 bits per heavy atom. The molecule has 0 saturated heterocycles. The number of hydrogen-bond donors (Lipinski definition) is 2. The van der Waals surface area contributed by atoms with Gasteiger partial charge in [0.25, 0.3) is 5.82 Å². The van der Waals surface area contributed by atoms with Gasteiger partial charge in [0.1, 0.15) is 24.2 Å². The van der Waals surface area contributed by atoms with E-state index in [0.29, 0.717) is 5.76 Å². The number of allylic oxidation sites excluding steroid dienone is 1. The molecule has 0 saturated carbocycles. The number of carbonyl (C=O) groups excluding carboxylic acids is 2. The summed E-state index contributed by atoms with van der Waals surface area (Å²) in [6.45, 7) is 1.90. The molecule has 2 amide bonds. The van der Waals surface area contributed by atoms with E-state index in [2.05, 4.69) is 20.7 Å². The van der Waals surface area contributed by atoms with E-state index in [-0.39, 0.29) is 30.2 Å². The molecule has 3 heterocycles. The molecule has 2 N–H and O–H groups in total. The van der Waals surface area contributed by atoms with Gasteiger partial charge in [-0.2, -0.15) is 5.26 Å². The van der Waals surface area contributed by atoms with Crippen molar-refractivity contribution >= 4 is 12.0 Å². The fourth-order valence-corrected chi connectivity index (χ4v) is 2.45. The van der Waals surface area contributed by atoms with E-state index in [0.717, 1.165) is 0 Å². The van der Waals surface area contributed by atoms with E-state index in [1.807, 2.05) is 6.07 Å². The molecule has 1 aliphatic rings. The molecule has 10 heteroatoms. The van der Waals surface area contributed by atoms with Crippen LogP contribution in [0.3, 0.4) is 0 Å². The molecule has 0 aliphatic carbocycles. The van der Waals surface area contributed by atoms with Crippen LogP contribution in [0.2, 0.25) is 0 Å². The average molecular weight is 342 g/mol. The summed E-state index contributed by atoms with van der Waals surface area (Å²) < 4.78 is 11.8. The molecule has 0 aromatic carbocycles. The maximum atomic E-state index is 12.5. The number of furan rings is 1. The van der Waals surface area contributed by atoms with Gasteiger partial charge in [0.05, 0.1) is 30.7 Å². The smallest absolute Gasteiger partial charge is 0.338 e. The van der Waals surface area contributed by atoms with E-state index in [9.17, 15) is 9.59 Å². The first-order valence-corrected chi connectivity index (χ1v) is 7.43. The number of rotatable bonds is 5. The minimum absolute atomic E-state index is 0.0128. The Morgan fingerprint density at radius 2 is 2.40 bits per heavy atom. The molecule has 0 bridgehead atoms. The van der Waals surface area contributed by atoms with Crippen LogP contribution in [0, 0.1) is 11.3 Å². The standard InChI is InChI=1S/C15H14N6O4/c1-2-24-14(22)12-9(7-21-8-17-11(6-16)20-21)18-15(23)19-13(12)10-4-3-5-25-10/h3-5,8,13H,2,7H2,1H3,(H2,18,19,23). The maximum absolute atomic E-state index is 12.5. The largest absolute Gasteiger partial charge is 0.467 e. The number of esters is 1. The van der Waals surface area contributed by atoms with Gasteiger partial charge >= 0.3 is 12.0 Å². The Bertz CT molecular complexity index is 861. The summed E-state index contributed by atoms with van der Waals surface area (Å²) in [5, 5.41) is 18.0. The molecular formula is C15H14N6O4. The van der Waals surface area contributed by atoms with E-state index >= 15 is 0 Å². The van der Waals surface area contributed by atoms with Crippen LogP contribution in [-0.4, -0.2) is 33.4 Å². The van der Waals surface area contributed by atoms with Crippen LogP contribution in [0.25, 0.3) is 0 Å². The van der Waals surface area contributed by atoms with Crippen molar-refractivity contribution in [2.24, 2.45) is 0 Å². The van der Waals surface area contributed by atoms with Crippen molar-refractivity contribution in [1.82, 2.24) is 25.4 Å². The molecule has 2 aromatic rings. The zero-order valence-electron chi connectivity index (χ0n) is 13.2. The Hall–Kier alpha value is -3.61. The van der Waals surface area contributed by atoms with Crippen molar-refractivity contribution in [3.05, 3.63) is 47.6 Å². The monoisotopic (exact) mass is 342 g/mol. The summed E-state index contributed by atoms with van der Waals surface area (Å²) in [4.78, 5) is 28.3. The highest BCUT2D eigenvalue weighted by atomic mass is 16.5. The first-order valence-electron chi connectivity index (χ1n) is 7.43. The molecule has 10 nitrogen and oxygen atoms in total. The van der Waals surface area contributed by atoms with Crippen LogP contribution in [0.5, 0.6) is 0 Å². The summed E-state index contributed by atoms with van der Waals surface area (Å²) >= 11 is 0. The van der Waals surface area contributed by atoms with Gasteiger partial charge in [0.2, 0.25) is 0 Å². The second kappa shape index (κ2) is 6.88. The van der Waals surface area contributed by atoms with E-state index in [1.165, 1.54) is 17.3 Å². The molecule has 0 spiro atoms.